The lowest BCUT2D eigenvalue weighted by molar-refractivity contribution is 0.178. The number of aromatic amines is 1. The predicted octanol–water partition coefficient (Wildman–Crippen LogP) is 2.87. The Hall–Kier alpha value is -1.65. The van der Waals surface area contributed by atoms with Gasteiger partial charge in [0.2, 0.25) is 0 Å². The summed E-state index contributed by atoms with van der Waals surface area (Å²) in [6, 6.07) is 8.76. The Bertz CT molecular complexity index is 658. The number of aromatic nitrogens is 2. The van der Waals surface area contributed by atoms with Gasteiger partial charge in [0.1, 0.15) is 5.82 Å². The van der Waals surface area contributed by atoms with E-state index in [1.54, 1.807) is 0 Å². The molecule has 0 spiro atoms. The fraction of sp³-hybridized carbons (Fsp3) is 0.500. The van der Waals surface area contributed by atoms with Gasteiger partial charge in [-0.15, -0.1) is 0 Å². The van der Waals surface area contributed by atoms with Gasteiger partial charge in [-0.3, -0.25) is 4.90 Å². The highest BCUT2D eigenvalue weighted by Crippen LogP contribution is 2.29. The third-order valence-electron chi connectivity index (χ3n) is 5.09. The summed E-state index contributed by atoms with van der Waals surface area (Å²) in [7, 11) is 0. The average Bonchev–Trinajstić information content (AvgIpc) is 3.23. The highest BCUT2D eigenvalue weighted by molar-refractivity contribution is 5.57. The number of H-pyrrole nitrogens is 1. The van der Waals surface area contributed by atoms with Crippen molar-refractivity contribution in [2.24, 2.45) is 0 Å². The van der Waals surface area contributed by atoms with Crippen LogP contribution in [0.25, 0.3) is 11.4 Å². The predicted molar refractivity (Wildman–Crippen MR) is 86.3 cm³/mol. The van der Waals surface area contributed by atoms with Gasteiger partial charge >= 0.3 is 0 Å². The van der Waals surface area contributed by atoms with E-state index in [2.05, 4.69) is 16.0 Å². The van der Waals surface area contributed by atoms with Crippen molar-refractivity contribution in [2.45, 2.75) is 51.3 Å². The van der Waals surface area contributed by atoms with E-state index in [0.29, 0.717) is 0 Å². The summed E-state index contributed by atoms with van der Waals surface area (Å²) in [6.07, 6.45) is 6.53. The fourth-order valence-electron chi connectivity index (χ4n) is 3.85. The molecular formula is C18H23N3O. The highest BCUT2D eigenvalue weighted by Gasteiger charge is 2.27. The number of fused-ring (bicyclic) bond motifs is 1. The highest BCUT2D eigenvalue weighted by atomic mass is 16.3. The zero-order chi connectivity index (χ0) is 14.9. The number of nitrogens with zero attached hydrogens (tertiary/aromatic N) is 2. The third-order valence-corrected chi connectivity index (χ3v) is 5.09. The lowest BCUT2D eigenvalue weighted by Crippen LogP contribution is -2.37. The van der Waals surface area contributed by atoms with Crippen LogP contribution >= 0.6 is 0 Å². The van der Waals surface area contributed by atoms with Gasteiger partial charge in [0.05, 0.1) is 18.0 Å². The van der Waals surface area contributed by atoms with Crippen LogP contribution < -0.4 is 0 Å². The molecule has 4 rings (SSSR count). The summed E-state index contributed by atoms with van der Waals surface area (Å²) < 4.78 is 0. The van der Waals surface area contributed by atoms with Gasteiger partial charge in [-0.25, -0.2) is 4.98 Å². The summed E-state index contributed by atoms with van der Waals surface area (Å²) in [4.78, 5) is 10.9. The van der Waals surface area contributed by atoms with Crippen molar-refractivity contribution >= 4 is 0 Å². The minimum absolute atomic E-state index is 0.0731. The molecule has 2 aliphatic rings. The van der Waals surface area contributed by atoms with Gasteiger partial charge in [0.25, 0.3) is 0 Å². The molecule has 2 aromatic rings. The van der Waals surface area contributed by atoms with Crippen LogP contribution in [0.1, 0.15) is 42.6 Å². The molecule has 22 heavy (non-hydrogen) atoms. The number of nitrogens with one attached hydrogen (secondary N) is 1. The number of aliphatic hydroxyl groups excluding tert-OH is 1. The van der Waals surface area contributed by atoms with Crippen LogP contribution in [0.2, 0.25) is 0 Å². The first-order valence-electron chi connectivity index (χ1n) is 8.35. The van der Waals surface area contributed by atoms with Gasteiger partial charge in [-0.1, -0.05) is 31.0 Å². The standard InChI is InChI=1S/C18H23N3O/c22-12-13-4-3-5-14(10-13)18-19-16-8-9-21(11-17(16)20-18)15-6-1-2-7-15/h3-5,10,15,22H,1-2,6-9,11-12H2,(H,19,20). The molecule has 0 unspecified atom stereocenters. The SMILES string of the molecule is OCc1cccc(-c2nc3c([nH]2)CN(C2CCCC2)CC3)c1. The van der Waals surface area contributed by atoms with E-state index in [4.69, 9.17) is 4.98 Å². The second-order valence-corrected chi connectivity index (χ2v) is 6.53. The summed E-state index contributed by atoms with van der Waals surface area (Å²) in [5, 5.41) is 9.29. The molecule has 4 nitrogen and oxygen atoms in total. The van der Waals surface area contributed by atoms with Gasteiger partial charge in [0.15, 0.2) is 0 Å². The van der Waals surface area contributed by atoms with Crippen LogP contribution in [0, 0.1) is 0 Å². The lowest BCUT2D eigenvalue weighted by atomic mass is 10.1. The van der Waals surface area contributed by atoms with Crippen molar-refractivity contribution in [3.05, 3.63) is 41.2 Å². The van der Waals surface area contributed by atoms with Crippen molar-refractivity contribution in [3.63, 3.8) is 0 Å². The van der Waals surface area contributed by atoms with Crippen LogP contribution in [0.4, 0.5) is 0 Å². The van der Waals surface area contributed by atoms with Gasteiger partial charge in [0, 0.05) is 31.1 Å². The monoisotopic (exact) mass is 297 g/mol. The van der Waals surface area contributed by atoms with Crippen molar-refractivity contribution in [1.82, 2.24) is 14.9 Å². The van der Waals surface area contributed by atoms with Crippen molar-refractivity contribution in [3.8, 4) is 11.4 Å². The molecule has 0 bridgehead atoms. The molecule has 1 aromatic heterocycles. The van der Waals surface area contributed by atoms with Crippen LogP contribution in [0.15, 0.2) is 24.3 Å². The molecule has 0 radical (unpaired) electrons. The topological polar surface area (TPSA) is 52.2 Å². The van der Waals surface area contributed by atoms with Crippen molar-refractivity contribution < 1.29 is 5.11 Å². The number of hydrogen-bond acceptors (Lipinski definition) is 3. The van der Waals surface area contributed by atoms with E-state index in [1.165, 1.54) is 37.1 Å². The van der Waals surface area contributed by atoms with Crippen LogP contribution in [0.5, 0.6) is 0 Å². The first kappa shape index (κ1) is 14.0. The molecule has 1 aliphatic heterocycles. The summed E-state index contributed by atoms with van der Waals surface area (Å²) in [5.41, 5.74) is 4.49. The molecular weight excluding hydrogens is 274 g/mol. The second kappa shape index (κ2) is 5.86. The van der Waals surface area contributed by atoms with E-state index < -0.39 is 0 Å². The minimum atomic E-state index is 0.0731. The Labute approximate surface area is 131 Å². The number of rotatable bonds is 3. The van der Waals surface area contributed by atoms with Crippen LogP contribution in [0.3, 0.4) is 0 Å². The Balaban J connectivity index is 1.58. The van der Waals surface area contributed by atoms with Gasteiger partial charge < -0.3 is 10.1 Å². The molecule has 4 heteroatoms. The number of imidazole rings is 1. The van der Waals surface area contributed by atoms with E-state index in [9.17, 15) is 5.11 Å². The zero-order valence-electron chi connectivity index (χ0n) is 12.9. The number of aliphatic hydroxyl groups is 1. The average molecular weight is 297 g/mol. The maximum atomic E-state index is 9.29. The van der Waals surface area contributed by atoms with Crippen LogP contribution in [-0.2, 0) is 19.6 Å². The molecule has 1 aliphatic carbocycles. The Kier molecular flexibility index (Phi) is 3.72. The fourth-order valence-corrected chi connectivity index (χ4v) is 3.85. The lowest BCUT2D eigenvalue weighted by Gasteiger charge is -2.31. The minimum Gasteiger partial charge on any atom is -0.392 e. The van der Waals surface area contributed by atoms with E-state index in [-0.39, 0.29) is 6.61 Å². The molecule has 0 saturated heterocycles. The summed E-state index contributed by atoms with van der Waals surface area (Å²) >= 11 is 0. The normalized spacial score (nSPS) is 19.5. The Morgan fingerprint density at radius 3 is 2.95 bits per heavy atom. The molecule has 2 heterocycles. The van der Waals surface area contributed by atoms with E-state index >= 15 is 0 Å². The largest absolute Gasteiger partial charge is 0.392 e. The van der Waals surface area contributed by atoms with Crippen molar-refractivity contribution in [1.29, 1.82) is 0 Å². The second-order valence-electron chi connectivity index (χ2n) is 6.53. The third kappa shape index (κ3) is 2.57. The molecule has 1 fully saturated rings. The Morgan fingerprint density at radius 2 is 2.14 bits per heavy atom. The van der Waals surface area contributed by atoms with E-state index in [1.807, 2.05) is 18.2 Å². The first-order valence-corrected chi connectivity index (χ1v) is 8.35. The zero-order valence-corrected chi connectivity index (χ0v) is 12.9. The maximum absolute atomic E-state index is 9.29. The number of benzene rings is 1. The smallest absolute Gasteiger partial charge is 0.137 e. The Morgan fingerprint density at radius 1 is 1.27 bits per heavy atom. The van der Waals surface area contributed by atoms with E-state index in [0.717, 1.165) is 42.5 Å². The number of hydrogen-bond donors (Lipinski definition) is 2. The molecule has 0 atom stereocenters. The molecule has 1 saturated carbocycles. The summed E-state index contributed by atoms with van der Waals surface area (Å²) in [5.74, 6) is 0.938. The first-order chi connectivity index (χ1) is 10.8. The molecule has 0 amide bonds. The van der Waals surface area contributed by atoms with Crippen LogP contribution in [-0.4, -0.2) is 32.6 Å². The molecule has 2 N–H and O–H groups in total. The molecule has 116 valence electrons. The molecule has 1 aromatic carbocycles. The maximum Gasteiger partial charge on any atom is 0.137 e. The van der Waals surface area contributed by atoms with Gasteiger partial charge in [-0.2, -0.15) is 0 Å². The van der Waals surface area contributed by atoms with Gasteiger partial charge in [-0.05, 0) is 24.5 Å². The summed E-state index contributed by atoms with van der Waals surface area (Å²) in [6.45, 7) is 2.22. The quantitative estimate of drug-likeness (QED) is 0.916. The van der Waals surface area contributed by atoms with Crippen molar-refractivity contribution in [2.75, 3.05) is 6.54 Å².